The highest BCUT2D eigenvalue weighted by Crippen LogP contribution is 2.16. The first-order chi connectivity index (χ1) is 9.96. The van der Waals surface area contributed by atoms with Gasteiger partial charge in [-0.15, -0.1) is 0 Å². The standard InChI is InChI=1S/C13H20O7Si/c1-17-21(18-2,19-3)9-12(15)8-20-13(16)10-4-6-11(14)7-5-10/h4-7,12,14-15H,8-9H2,1-3H3. The lowest BCUT2D eigenvalue weighted by Crippen LogP contribution is -2.46. The number of esters is 1. The number of benzene rings is 1. The van der Waals surface area contributed by atoms with Crippen LogP contribution in [0.4, 0.5) is 0 Å². The van der Waals surface area contributed by atoms with Crippen molar-refractivity contribution in [3.63, 3.8) is 0 Å². The third-order valence-electron chi connectivity index (χ3n) is 2.93. The molecule has 0 heterocycles. The van der Waals surface area contributed by atoms with Crippen LogP contribution < -0.4 is 0 Å². The summed E-state index contributed by atoms with van der Waals surface area (Å²) >= 11 is 0. The maximum absolute atomic E-state index is 11.7. The Labute approximate surface area is 124 Å². The monoisotopic (exact) mass is 316 g/mol. The normalized spacial score (nSPS) is 13.0. The number of aliphatic hydroxyl groups is 1. The van der Waals surface area contributed by atoms with Crippen molar-refractivity contribution in [3.05, 3.63) is 29.8 Å². The van der Waals surface area contributed by atoms with Gasteiger partial charge in [0.05, 0.1) is 11.7 Å². The Kier molecular flexibility index (Phi) is 6.79. The van der Waals surface area contributed by atoms with Gasteiger partial charge in [-0.05, 0) is 24.3 Å². The molecule has 2 N–H and O–H groups in total. The fraction of sp³-hybridized carbons (Fsp3) is 0.462. The first-order valence-corrected chi connectivity index (χ1v) is 8.19. The number of carbonyl (C=O) groups is 1. The highest BCUT2D eigenvalue weighted by Gasteiger charge is 2.40. The van der Waals surface area contributed by atoms with E-state index in [-0.39, 0.29) is 24.0 Å². The molecule has 7 nitrogen and oxygen atoms in total. The number of hydrogen-bond acceptors (Lipinski definition) is 7. The van der Waals surface area contributed by atoms with E-state index in [2.05, 4.69) is 0 Å². The van der Waals surface area contributed by atoms with Crippen LogP contribution in [0.2, 0.25) is 6.04 Å². The number of phenolic OH excluding ortho intramolecular Hbond substituents is 1. The van der Waals surface area contributed by atoms with Gasteiger partial charge in [-0.3, -0.25) is 0 Å². The topological polar surface area (TPSA) is 94.5 Å². The third-order valence-corrected chi connectivity index (χ3v) is 5.77. The molecule has 118 valence electrons. The van der Waals surface area contributed by atoms with Crippen LogP contribution in [0.1, 0.15) is 10.4 Å². The Balaban J connectivity index is 2.50. The van der Waals surface area contributed by atoms with Gasteiger partial charge in [0.25, 0.3) is 0 Å². The molecule has 0 bridgehead atoms. The lowest BCUT2D eigenvalue weighted by molar-refractivity contribution is 0.0230. The number of aromatic hydroxyl groups is 1. The van der Waals surface area contributed by atoms with E-state index in [9.17, 15) is 9.90 Å². The van der Waals surface area contributed by atoms with Crippen molar-refractivity contribution in [1.29, 1.82) is 0 Å². The molecule has 0 saturated carbocycles. The molecule has 1 atom stereocenters. The molecule has 0 aliphatic heterocycles. The average molecular weight is 316 g/mol. The van der Waals surface area contributed by atoms with Gasteiger partial charge in [0.2, 0.25) is 0 Å². The van der Waals surface area contributed by atoms with Crippen LogP contribution in [0.3, 0.4) is 0 Å². The van der Waals surface area contributed by atoms with Crippen molar-refractivity contribution in [1.82, 2.24) is 0 Å². The molecule has 1 rings (SSSR count). The first-order valence-electron chi connectivity index (χ1n) is 6.26. The maximum atomic E-state index is 11.7. The second-order valence-corrected chi connectivity index (χ2v) is 7.30. The van der Waals surface area contributed by atoms with E-state index in [0.717, 1.165) is 0 Å². The Morgan fingerprint density at radius 1 is 1.14 bits per heavy atom. The molecular formula is C13H20O7Si. The molecule has 0 aliphatic rings. The van der Waals surface area contributed by atoms with E-state index < -0.39 is 20.9 Å². The molecule has 1 aromatic rings. The van der Waals surface area contributed by atoms with Gasteiger partial charge in [-0.2, -0.15) is 0 Å². The molecular weight excluding hydrogens is 296 g/mol. The smallest absolute Gasteiger partial charge is 0.502 e. The molecule has 0 aromatic heterocycles. The van der Waals surface area contributed by atoms with Crippen molar-refractivity contribution in [3.8, 4) is 5.75 Å². The van der Waals surface area contributed by atoms with E-state index in [4.69, 9.17) is 23.1 Å². The number of rotatable bonds is 8. The Bertz CT molecular complexity index is 436. The molecule has 0 amide bonds. The van der Waals surface area contributed by atoms with Crippen LogP contribution >= 0.6 is 0 Å². The number of hydrogen-bond donors (Lipinski definition) is 2. The van der Waals surface area contributed by atoms with Gasteiger partial charge < -0.3 is 28.2 Å². The minimum Gasteiger partial charge on any atom is -0.508 e. The largest absolute Gasteiger partial charge is 0.508 e. The Morgan fingerprint density at radius 2 is 1.67 bits per heavy atom. The molecule has 0 aliphatic carbocycles. The second-order valence-electron chi connectivity index (χ2n) is 4.30. The SMILES string of the molecule is CO[Si](CC(O)COC(=O)c1ccc(O)cc1)(OC)OC. The van der Waals surface area contributed by atoms with Gasteiger partial charge in [0.15, 0.2) is 0 Å². The Hall–Kier alpha value is -1.45. The van der Waals surface area contributed by atoms with E-state index in [1.807, 2.05) is 0 Å². The van der Waals surface area contributed by atoms with Crippen LogP contribution in [-0.2, 0) is 18.0 Å². The van der Waals surface area contributed by atoms with Gasteiger partial charge in [-0.25, -0.2) is 4.79 Å². The van der Waals surface area contributed by atoms with Crippen LogP contribution in [0, 0.1) is 0 Å². The fourth-order valence-electron chi connectivity index (χ4n) is 1.70. The van der Waals surface area contributed by atoms with Crippen molar-refractivity contribution in [2.75, 3.05) is 27.9 Å². The first kappa shape index (κ1) is 17.6. The highest BCUT2D eigenvalue weighted by atomic mass is 28.4. The van der Waals surface area contributed by atoms with Crippen molar-refractivity contribution in [2.24, 2.45) is 0 Å². The van der Waals surface area contributed by atoms with E-state index in [1.54, 1.807) is 0 Å². The molecule has 8 heteroatoms. The summed E-state index contributed by atoms with van der Waals surface area (Å²) in [6, 6.07) is 5.74. The quantitative estimate of drug-likeness (QED) is 0.541. The number of carbonyl (C=O) groups excluding carboxylic acids is 1. The molecule has 0 fully saturated rings. The predicted molar refractivity (Wildman–Crippen MR) is 76.0 cm³/mol. The zero-order valence-corrected chi connectivity index (χ0v) is 13.2. The van der Waals surface area contributed by atoms with Crippen LogP contribution in [0.5, 0.6) is 5.75 Å². The third kappa shape index (κ3) is 5.10. The van der Waals surface area contributed by atoms with Gasteiger partial charge in [-0.1, -0.05) is 0 Å². The van der Waals surface area contributed by atoms with Gasteiger partial charge in [0, 0.05) is 27.4 Å². The van der Waals surface area contributed by atoms with E-state index in [0.29, 0.717) is 0 Å². The minimum absolute atomic E-state index is 0.0580. The van der Waals surface area contributed by atoms with Crippen molar-refractivity contribution in [2.45, 2.75) is 12.1 Å². The maximum Gasteiger partial charge on any atom is 0.502 e. The fourth-order valence-corrected chi connectivity index (χ4v) is 3.40. The van der Waals surface area contributed by atoms with Crippen LogP contribution in [0.15, 0.2) is 24.3 Å². The van der Waals surface area contributed by atoms with Crippen molar-refractivity contribution < 1.29 is 33.0 Å². The summed E-state index contributed by atoms with van der Waals surface area (Å²) in [6.45, 7) is -0.204. The summed E-state index contributed by atoms with van der Waals surface area (Å²) in [5.41, 5.74) is 0.286. The number of ether oxygens (including phenoxy) is 1. The predicted octanol–water partition coefficient (Wildman–Crippen LogP) is 0.788. The lowest BCUT2D eigenvalue weighted by atomic mass is 10.2. The Morgan fingerprint density at radius 3 is 2.14 bits per heavy atom. The molecule has 0 radical (unpaired) electrons. The van der Waals surface area contributed by atoms with E-state index >= 15 is 0 Å². The molecule has 0 saturated heterocycles. The molecule has 21 heavy (non-hydrogen) atoms. The minimum atomic E-state index is -2.91. The average Bonchev–Trinajstić information content (AvgIpc) is 2.51. The molecule has 0 spiro atoms. The summed E-state index contributed by atoms with van der Waals surface area (Å²) in [5.74, 6) is -0.531. The number of phenols is 1. The summed E-state index contributed by atoms with van der Waals surface area (Å²) in [7, 11) is 1.40. The summed E-state index contributed by atoms with van der Waals surface area (Å²) in [4.78, 5) is 11.7. The van der Waals surface area contributed by atoms with Crippen LogP contribution in [0.25, 0.3) is 0 Å². The van der Waals surface area contributed by atoms with Gasteiger partial charge in [0.1, 0.15) is 12.4 Å². The summed E-state index contributed by atoms with van der Waals surface area (Å²) < 4.78 is 20.5. The molecule has 1 aromatic carbocycles. The zero-order chi connectivity index (χ0) is 15.9. The second kappa shape index (κ2) is 8.10. The zero-order valence-electron chi connectivity index (χ0n) is 12.2. The van der Waals surface area contributed by atoms with Crippen molar-refractivity contribution >= 4 is 14.8 Å². The van der Waals surface area contributed by atoms with E-state index in [1.165, 1.54) is 45.6 Å². The number of aliphatic hydroxyl groups excluding tert-OH is 1. The highest BCUT2D eigenvalue weighted by molar-refractivity contribution is 6.60. The molecule has 1 unspecified atom stereocenters. The van der Waals surface area contributed by atoms with Crippen LogP contribution in [-0.4, -0.2) is 59.0 Å². The summed E-state index contributed by atoms with van der Waals surface area (Å²) in [6.07, 6.45) is -0.961. The summed E-state index contributed by atoms with van der Waals surface area (Å²) in [5, 5.41) is 19.0. The lowest BCUT2D eigenvalue weighted by Gasteiger charge is -2.26. The van der Waals surface area contributed by atoms with Gasteiger partial charge >= 0.3 is 14.8 Å².